The molecule has 8 nitrogen and oxygen atoms in total. The van der Waals surface area contributed by atoms with E-state index in [1.165, 1.54) is 0 Å². The van der Waals surface area contributed by atoms with E-state index in [4.69, 9.17) is 16.2 Å². The number of amidine groups is 1. The fourth-order valence-electron chi connectivity index (χ4n) is 2.83. The van der Waals surface area contributed by atoms with Gasteiger partial charge < -0.3 is 26.3 Å². The van der Waals surface area contributed by atoms with Crippen LogP contribution in [-0.2, 0) is 14.3 Å². The van der Waals surface area contributed by atoms with Crippen LogP contribution >= 0.6 is 23.7 Å². The highest BCUT2D eigenvalue weighted by atomic mass is 32.2. The third-order valence-corrected chi connectivity index (χ3v) is 6.14. The molecule has 166 valence electrons. The smallest absolute Gasteiger partial charge is 0.237 e. The van der Waals surface area contributed by atoms with E-state index in [9.17, 15) is 9.59 Å². The molecule has 0 aromatic rings. The van der Waals surface area contributed by atoms with Gasteiger partial charge in [0.2, 0.25) is 5.91 Å². The molecule has 0 radical (unpaired) electrons. The molecule has 1 fully saturated rings. The fraction of sp³-hybridized carbons (Fsp3) is 0.550. The monoisotopic (exact) mass is 453 g/mol. The van der Waals surface area contributed by atoms with Crippen molar-refractivity contribution in [2.75, 3.05) is 38.3 Å². The minimum absolute atomic E-state index is 0.144. The molecule has 0 saturated carbocycles. The first-order chi connectivity index (χ1) is 14.5. The van der Waals surface area contributed by atoms with E-state index >= 15 is 0 Å². The zero-order chi connectivity index (χ0) is 21.8. The van der Waals surface area contributed by atoms with Crippen LogP contribution in [0.2, 0.25) is 0 Å². The van der Waals surface area contributed by atoms with Gasteiger partial charge in [-0.3, -0.25) is 4.79 Å². The minimum Gasteiger partial charge on any atom is -0.383 e. The van der Waals surface area contributed by atoms with Crippen LogP contribution in [0.4, 0.5) is 0 Å². The Morgan fingerprint density at radius 1 is 1.47 bits per heavy atom. The van der Waals surface area contributed by atoms with E-state index in [0.29, 0.717) is 18.7 Å². The summed E-state index contributed by atoms with van der Waals surface area (Å²) in [6.45, 7) is 3.29. The molecule has 2 atom stereocenters. The second kappa shape index (κ2) is 13.7. The Kier molecular flexibility index (Phi) is 11.2. The third-order valence-electron chi connectivity index (χ3n) is 4.52. The maximum absolute atomic E-state index is 12.1. The average molecular weight is 454 g/mol. The molecule has 10 heteroatoms. The largest absolute Gasteiger partial charge is 0.383 e. The first-order valence-electron chi connectivity index (χ1n) is 9.93. The number of amides is 1. The van der Waals surface area contributed by atoms with Crippen molar-refractivity contribution in [2.45, 2.75) is 31.3 Å². The number of aldehydes is 1. The number of aliphatic imine (C=N–C) groups is 1. The predicted octanol–water partition coefficient (Wildman–Crippen LogP) is 1.21. The van der Waals surface area contributed by atoms with Crippen LogP contribution in [0.25, 0.3) is 0 Å². The van der Waals surface area contributed by atoms with Crippen LogP contribution in [0.15, 0.2) is 39.9 Å². The lowest BCUT2D eigenvalue weighted by atomic mass is 10.0. The Bertz CT molecular complexity index is 703. The van der Waals surface area contributed by atoms with Gasteiger partial charge in [0.25, 0.3) is 0 Å². The standard InChI is InChI=1S/C20H31N5O3S2/c1-29-13-17(14-30-25-8-11-28-12-9-25)23-19(22)15-4-6-16(7-5-15)24-20(27)18(21)3-2-10-26/h4-6,10,14,16,18H,2-3,7-9,11-13,21H2,1H3,(H2,22,23)(H,24,27)/b17-14-. The topological polar surface area (TPSA) is 123 Å². The van der Waals surface area contributed by atoms with Crippen molar-refractivity contribution in [1.82, 2.24) is 9.62 Å². The fourth-order valence-corrected chi connectivity index (χ4v) is 4.15. The van der Waals surface area contributed by atoms with E-state index in [-0.39, 0.29) is 18.4 Å². The number of ether oxygens (including phenoxy) is 1. The number of nitrogens with zero attached hydrogens (tertiary/aromatic N) is 2. The maximum Gasteiger partial charge on any atom is 0.237 e. The van der Waals surface area contributed by atoms with Crippen molar-refractivity contribution < 1.29 is 14.3 Å². The number of morpholine rings is 1. The molecular weight excluding hydrogens is 422 g/mol. The van der Waals surface area contributed by atoms with E-state index in [0.717, 1.165) is 49.6 Å². The molecule has 1 aliphatic heterocycles. The second-order valence-electron chi connectivity index (χ2n) is 6.91. The zero-order valence-corrected chi connectivity index (χ0v) is 18.9. The zero-order valence-electron chi connectivity index (χ0n) is 17.3. The first-order valence-corrected chi connectivity index (χ1v) is 12.2. The Morgan fingerprint density at radius 2 is 2.23 bits per heavy atom. The van der Waals surface area contributed by atoms with E-state index in [1.54, 1.807) is 23.7 Å². The molecule has 2 aliphatic rings. The Hall–Kier alpha value is -1.59. The van der Waals surface area contributed by atoms with Crippen molar-refractivity contribution in [1.29, 1.82) is 0 Å². The average Bonchev–Trinajstić information content (AvgIpc) is 2.77. The summed E-state index contributed by atoms with van der Waals surface area (Å²) >= 11 is 3.34. The summed E-state index contributed by atoms with van der Waals surface area (Å²) in [6.07, 6.45) is 9.76. The number of carbonyl (C=O) groups is 2. The van der Waals surface area contributed by atoms with Crippen LogP contribution < -0.4 is 16.8 Å². The molecule has 30 heavy (non-hydrogen) atoms. The summed E-state index contributed by atoms with van der Waals surface area (Å²) in [5.41, 5.74) is 13.8. The number of rotatable bonds is 11. The van der Waals surface area contributed by atoms with Crippen LogP contribution in [-0.4, -0.2) is 72.7 Å². The molecule has 0 aromatic heterocycles. The maximum atomic E-state index is 12.1. The van der Waals surface area contributed by atoms with Gasteiger partial charge in [0.05, 0.1) is 31.0 Å². The van der Waals surface area contributed by atoms with Gasteiger partial charge in [-0.1, -0.05) is 18.2 Å². The van der Waals surface area contributed by atoms with Crippen molar-refractivity contribution in [2.24, 2.45) is 16.5 Å². The van der Waals surface area contributed by atoms with Crippen LogP contribution in [0.1, 0.15) is 19.3 Å². The van der Waals surface area contributed by atoms with E-state index < -0.39 is 6.04 Å². The van der Waals surface area contributed by atoms with E-state index in [2.05, 4.69) is 14.6 Å². The third kappa shape index (κ3) is 8.65. The summed E-state index contributed by atoms with van der Waals surface area (Å²) in [7, 11) is 0. The Morgan fingerprint density at radius 3 is 2.87 bits per heavy atom. The molecule has 1 heterocycles. The summed E-state index contributed by atoms with van der Waals surface area (Å²) in [5.74, 6) is 0.976. The summed E-state index contributed by atoms with van der Waals surface area (Å²) < 4.78 is 7.62. The van der Waals surface area contributed by atoms with E-state index in [1.807, 2.05) is 29.9 Å². The molecular formula is C20H31N5O3S2. The van der Waals surface area contributed by atoms with Gasteiger partial charge in [0, 0.05) is 36.2 Å². The number of hydrogen-bond acceptors (Lipinski definition) is 8. The van der Waals surface area contributed by atoms with Gasteiger partial charge >= 0.3 is 0 Å². The molecule has 1 aliphatic carbocycles. The molecule has 2 unspecified atom stereocenters. The SMILES string of the molecule is CSC/C(=C/SN1CCOCC1)N=C(N)C1=CCC(NC(=O)C(N)CCC=O)C=C1. The van der Waals surface area contributed by atoms with Crippen molar-refractivity contribution in [3.05, 3.63) is 34.9 Å². The predicted molar refractivity (Wildman–Crippen MR) is 125 cm³/mol. The number of nitrogens with two attached hydrogens (primary N) is 2. The number of hydrogen-bond donors (Lipinski definition) is 3. The van der Waals surface area contributed by atoms with Gasteiger partial charge in [-0.15, -0.1) is 0 Å². The van der Waals surface area contributed by atoms with Crippen molar-refractivity contribution in [3.8, 4) is 0 Å². The quantitative estimate of drug-likeness (QED) is 0.185. The second-order valence-corrected chi connectivity index (χ2v) is 8.73. The summed E-state index contributed by atoms with van der Waals surface area (Å²) in [6, 6.07) is -0.821. The molecule has 2 rings (SSSR count). The number of carbonyl (C=O) groups excluding carboxylic acids is 2. The van der Waals surface area contributed by atoms with Crippen LogP contribution in [0.5, 0.6) is 0 Å². The normalized spacial score (nSPS) is 21.8. The van der Waals surface area contributed by atoms with Crippen LogP contribution in [0, 0.1) is 0 Å². The molecule has 1 saturated heterocycles. The Labute approximate surface area is 186 Å². The highest BCUT2D eigenvalue weighted by Crippen LogP contribution is 2.19. The van der Waals surface area contributed by atoms with Gasteiger partial charge in [-0.05, 0) is 31.0 Å². The Balaban J connectivity index is 1.91. The molecule has 0 aromatic carbocycles. The molecule has 0 spiro atoms. The van der Waals surface area contributed by atoms with Gasteiger partial charge in [-0.25, -0.2) is 9.30 Å². The highest BCUT2D eigenvalue weighted by molar-refractivity contribution is 8.00. The lowest BCUT2D eigenvalue weighted by Gasteiger charge is -2.24. The van der Waals surface area contributed by atoms with Gasteiger partial charge in [0.1, 0.15) is 12.1 Å². The lowest BCUT2D eigenvalue weighted by Crippen LogP contribution is -2.45. The van der Waals surface area contributed by atoms with Gasteiger partial charge in [-0.2, -0.15) is 11.8 Å². The van der Waals surface area contributed by atoms with Gasteiger partial charge in [0.15, 0.2) is 0 Å². The molecule has 0 bridgehead atoms. The molecule has 5 N–H and O–H groups in total. The molecule has 1 amide bonds. The number of nitrogens with one attached hydrogen (secondary N) is 1. The lowest BCUT2D eigenvalue weighted by molar-refractivity contribution is -0.123. The minimum atomic E-state index is -0.677. The number of thioether (sulfide) groups is 1. The van der Waals surface area contributed by atoms with Crippen molar-refractivity contribution >= 4 is 41.7 Å². The van der Waals surface area contributed by atoms with Crippen molar-refractivity contribution in [3.63, 3.8) is 0 Å². The van der Waals surface area contributed by atoms with Crippen LogP contribution in [0.3, 0.4) is 0 Å². The summed E-state index contributed by atoms with van der Waals surface area (Å²) in [5, 5.41) is 4.93. The first kappa shape index (κ1) is 24.7. The highest BCUT2D eigenvalue weighted by Gasteiger charge is 2.18. The summed E-state index contributed by atoms with van der Waals surface area (Å²) in [4.78, 5) is 27.1.